The second kappa shape index (κ2) is 19.5. The fraction of sp³-hybridized carbons (Fsp3) is 0.346. The minimum atomic E-state index is -0.676. The minimum absolute atomic E-state index is 0.0727. The van der Waals surface area contributed by atoms with Crippen molar-refractivity contribution in [3.05, 3.63) is 124 Å². The quantitative estimate of drug-likeness (QED) is 0.0550. The molecule has 2 aliphatic heterocycles. The van der Waals surface area contributed by atoms with E-state index in [0.717, 1.165) is 148 Å². The summed E-state index contributed by atoms with van der Waals surface area (Å²) in [6, 6.07) is 3.93. The lowest BCUT2D eigenvalue weighted by Gasteiger charge is -2.06. The SMILES string of the molecule is CCC1=C(C)/C(=C/c2[nH]c(C)c(Sc3c(C)[nH]c(/C=C4\N=C(c5[nH]c(/C=C(\C#N)C(=O)OC)c(C)c5CC)C(CC)=C4C)c3C)c2C)N=C1c1[nH]c(/C=C(\C#N)C(=O)OC)c(C)c1CC. The molecule has 0 aliphatic carbocycles. The second-order valence-corrected chi connectivity index (χ2v) is 17.3. The van der Waals surface area contributed by atoms with Crippen LogP contribution < -0.4 is 0 Å². The molecule has 2 aliphatic rings. The number of methoxy groups -OCH3 is 2. The highest BCUT2D eigenvalue weighted by molar-refractivity contribution is 7.99. The summed E-state index contributed by atoms with van der Waals surface area (Å²) in [5, 5.41) is 19.3. The van der Waals surface area contributed by atoms with Gasteiger partial charge in [0.25, 0.3) is 0 Å². The first kappa shape index (κ1) is 47.6. The molecule has 4 aromatic heterocycles. The maximum Gasteiger partial charge on any atom is 0.348 e. The van der Waals surface area contributed by atoms with Crippen LogP contribution in [0, 0.1) is 64.2 Å². The molecular weight excluding hydrogens is 833 g/mol. The molecule has 0 fully saturated rings. The zero-order chi connectivity index (χ0) is 47.6. The Morgan fingerprint density at radius 1 is 0.569 bits per heavy atom. The van der Waals surface area contributed by atoms with Crippen molar-refractivity contribution in [2.75, 3.05) is 14.2 Å². The monoisotopic (exact) mass is 890 g/mol. The molecule has 6 rings (SSSR count). The van der Waals surface area contributed by atoms with Gasteiger partial charge in [-0.2, -0.15) is 10.5 Å². The Morgan fingerprint density at radius 3 is 1.25 bits per heavy atom. The van der Waals surface area contributed by atoms with Gasteiger partial charge in [-0.25, -0.2) is 19.6 Å². The first-order valence-electron chi connectivity index (χ1n) is 21.9. The van der Waals surface area contributed by atoms with Crippen molar-refractivity contribution in [3.63, 3.8) is 0 Å². The first-order valence-corrected chi connectivity index (χ1v) is 22.8. The van der Waals surface area contributed by atoms with Crippen LogP contribution in [0.1, 0.15) is 133 Å². The van der Waals surface area contributed by atoms with E-state index < -0.39 is 11.9 Å². The van der Waals surface area contributed by atoms with Crippen LogP contribution in [0.4, 0.5) is 0 Å². The number of allylic oxidation sites excluding steroid dienone is 4. The number of nitrogens with one attached hydrogen (secondary N) is 4. The molecule has 65 heavy (non-hydrogen) atoms. The number of ether oxygens (including phenoxy) is 2. The summed E-state index contributed by atoms with van der Waals surface area (Å²) >= 11 is 1.75. The van der Waals surface area contributed by atoms with Gasteiger partial charge >= 0.3 is 11.9 Å². The number of carbonyl (C=O) groups is 2. The fourth-order valence-electron chi connectivity index (χ4n) is 8.92. The Bertz CT molecular complexity index is 2800. The molecule has 0 saturated carbocycles. The van der Waals surface area contributed by atoms with Crippen molar-refractivity contribution in [2.24, 2.45) is 9.98 Å². The molecule has 4 aromatic rings. The predicted octanol–water partition coefficient (Wildman–Crippen LogP) is 11.4. The van der Waals surface area contributed by atoms with E-state index in [4.69, 9.17) is 19.5 Å². The fourth-order valence-corrected chi connectivity index (χ4v) is 10.1. The summed E-state index contributed by atoms with van der Waals surface area (Å²) < 4.78 is 9.65. The average Bonchev–Trinajstić information content (AvgIpc) is 4.10. The summed E-state index contributed by atoms with van der Waals surface area (Å²) in [7, 11) is 2.54. The third-order valence-corrected chi connectivity index (χ3v) is 14.3. The second-order valence-electron chi connectivity index (χ2n) is 16.3. The number of carbonyl (C=O) groups excluding carboxylic acids is 2. The summed E-state index contributed by atoms with van der Waals surface area (Å²) in [6.45, 7) is 25.2. The highest BCUT2D eigenvalue weighted by Crippen LogP contribution is 2.42. The molecule has 6 heterocycles. The van der Waals surface area contributed by atoms with Crippen molar-refractivity contribution < 1.29 is 19.1 Å². The summed E-state index contributed by atoms with van der Waals surface area (Å²) in [6.07, 6.45) is 10.4. The molecule has 13 heteroatoms. The Hall–Kier alpha value is -6.83. The van der Waals surface area contributed by atoms with Crippen LogP contribution in [0.2, 0.25) is 0 Å². The number of hydrogen-bond acceptors (Lipinski definition) is 9. The molecule has 4 N–H and O–H groups in total. The lowest BCUT2D eigenvalue weighted by Crippen LogP contribution is -2.06. The van der Waals surface area contributed by atoms with Crippen LogP contribution in [-0.4, -0.2) is 57.5 Å². The molecule has 0 spiro atoms. The Kier molecular flexibility index (Phi) is 14.3. The predicted molar refractivity (Wildman–Crippen MR) is 261 cm³/mol. The van der Waals surface area contributed by atoms with Gasteiger partial charge in [0.2, 0.25) is 0 Å². The van der Waals surface area contributed by atoms with Gasteiger partial charge < -0.3 is 29.4 Å². The third-order valence-electron chi connectivity index (χ3n) is 12.6. The molecule has 0 radical (unpaired) electrons. The average molecular weight is 891 g/mol. The van der Waals surface area contributed by atoms with E-state index in [0.29, 0.717) is 11.4 Å². The van der Waals surface area contributed by atoms with Gasteiger partial charge in [-0.1, -0.05) is 39.5 Å². The zero-order valence-corrected chi connectivity index (χ0v) is 40.8. The van der Waals surface area contributed by atoms with Crippen LogP contribution in [0.15, 0.2) is 64.6 Å². The van der Waals surface area contributed by atoms with Crippen molar-refractivity contribution in [1.29, 1.82) is 10.5 Å². The number of aromatic amines is 4. The highest BCUT2D eigenvalue weighted by atomic mass is 32.2. The largest absolute Gasteiger partial charge is 0.465 e. The van der Waals surface area contributed by atoms with E-state index in [-0.39, 0.29) is 11.1 Å². The Morgan fingerprint density at radius 2 is 0.938 bits per heavy atom. The molecule has 0 aromatic carbocycles. The van der Waals surface area contributed by atoms with Crippen LogP contribution in [-0.2, 0) is 31.9 Å². The Labute approximate surface area is 386 Å². The normalized spacial score (nSPS) is 15.6. The number of aryl methyl sites for hydroxylation is 2. The maximum atomic E-state index is 12.2. The molecule has 12 nitrogen and oxygen atoms in total. The van der Waals surface area contributed by atoms with E-state index in [1.165, 1.54) is 14.2 Å². The van der Waals surface area contributed by atoms with Gasteiger partial charge in [0, 0.05) is 44.0 Å². The maximum absolute atomic E-state index is 12.2. The van der Waals surface area contributed by atoms with Gasteiger partial charge in [-0.05, 0) is 161 Å². The smallest absolute Gasteiger partial charge is 0.348 e. The summed E-state index contributed by atoms with van der Waals surface area (Å²) in [4.78, 5) is 51.6. The number of hydrogen-bond donors (Lipinski definition) is 4. The van der Waals surface area contributed by atoms with Crippen molar-refractivity contribution in [1.82, 2.24) is 19.9 Å². The lowest BCUT2D eigenvalue weighted by molar-refractivity contribution is -0.136. The van der Waals surface area contributed by atoms with Crippen LogP contribution in [0.3, 0.4) is 0 Å². The standard InChI is InChI=1S/C52H58N8O4S/c1-15-35-25(5)39(19-33(23-53)51(61)63-13)57-45(35)47-37(17-3)27(7)41(59-47)21-43-29(9)49(31(11)55-43)65-50-30(10)44(56-32(50)12)22-42-28(8)38(18-4)48(60-42)46-36(16-2)26(6)40(58-46)20-34(24-54)52(62)64-14/h19-22,55-58H,15-18H2,1-14H3/b33-19+,34-20+,41-21-,42-22-. The highest BCUT2D eigenvalue weighted by Gasteiger charge is 2.29. The number of rotatable bonds is 14. The van der Waals surface area contributed by atoms with Gasteiger partial charge in [0.15, 0.2) is 0 Å². The number of nitriles is 2. The number of aromatic nitrogens is 4. The zero-order valence-electron chi connectivity index (χ0n) is 40.0. The van der Waals surface area contributed by atoms with Gasteiger partial charge in [-0.15, -0.1) is 0 Å². The minimum Gasteiger partial charge on any atom is -0.465 e. The van der Waals surface area contributed by atoms with Gasteiger partial charge in [0.05, 0.1) is 48.4 Å². The van der Waals surface area contributed by atoms with E-state index in [2.05, 4.69) is 101 Å². The van der Waals surface area contributed by atoms with Crippen molar-refractivity contribution in [3.8, 4) is 12.1 Å². The number of aliphatic imine (C=N–C) groups is 2. The number of H-pyrrole nitrogens is 4. The van der Waals surface area contributed by atoms with Gasteiger partial charge in [-0.3, -0.25) is 0 Å². The molecule has 0 atom stereocenters. The number of nitrogens with zero attached hydrogens (tertiary/aromatic N) is 4. The lowest BCUT2D eigenvalue weighted by atomic mass is 9.97. The topological polar surface area (TPSA) is 188 Å². The molecule has 0 saturated heterocycles. The Balaban J connectivity index is 1.34. The first-order chi connectivity index (χ1) is 31.0. The van der Waals surface area contributed by atoms with E-state index in [9.17, 15) is 20.1 Å². The molecular formula is C52H58N8O4S. The molecule has 0 unspecified atom stereocenters. The molecule has 0 amide bonds. The van der Waals surface area contributed by atoms with Crippen molar-refractivity contribution in [2.45, 2.75) is 119 Å². The number of esters is 2. The van der Waals surface area contributed by atoms with E-state index in [1.807, 2.05) is 26.0 Å². The van der Waals surface area contributed by atoms with Gasteiger partial charge in [0.1, 0.15) is 23.3 Å². The van der Waals surface area contributed by atoms with Crippen LogP contribution in [0.25, 0.3) is 24.3 Å². The molecule has 336 valence electrons. The third kappa shape index (κ3) is 8.73. The summed E-state index contributed by atoms with van der Waals surface area (Å²) in [5.74, 6) is -1.35. The van der Waals surface area contributed by atoms with Crippen LogP contribution >= 0.6 is 11.8 Å². The molecule has 0 bridgehead atoms. The summed E-state index contributed by atoms with van der Waals surface area (Å²) in [5.41, 5.74) is 21.5. The van der Waals surface area contributed by atoms with Crippen molar-refractivity contribution >= 4 is 59.4 Å². The van der Waals surface area contributed by atoms with Crippen LogP contribution in [0.5, 0.6) is 0 Å². The van der Waals surface area contributed by atoms with E-state index >= 15 is 0 Å². The van der Waals surface area contributed by atoms with E-state index in [1.54, 1.807) is 23.9 Å².